The summed E-state index contributed by atoms with van der Waals surface area (Å²) in [5, 5.41) is 16.5. The summed E-state index contributed by atoms with van der Waals surface area (Å²) in [7, 11) is 0. The molecule has 0 spiro atoms. The van der Waals surface area contributed by atoms with Gasteiger partial charge in [0.1, 0.15) is 11.8 Å². The highest BCUT2D eigenvalue weighted by molar-refractivity contribution is 5.89. The maximum Gasteiger partial charge on any atom is 0.319 e. The zero-order valence-corrected chi connectivity index (χ0v) is 10.7. The van der Waals surface area contributed by atoms with Crippen LogP contribution >= 0.6 is 0 Å². The Bertz CT molecular complexity index is 536. The van der Waals surface area contributed by atoms with Crippen LogP contribution in [-0.2, 0) is 0 Å². The van der Waals surface area contributed by atoms with Crippen molar-refractivity contribution in [3.05, 3.63) is 24.0 Å². The van der Waals surface area contributed by atoms with Gasteiger partial charge in [0.15, 0.2) is 0 Å². The van der Waals surface area contributed by atoms with Gasteiger partial charge in [0, 0.05) is 26.2 Å². The van der Waals surface area contributed by atoms with Gasteiger partial charge in [-0.3, -0.25) is 0 Å². The summed E-state index contributed by atoms with van der Waals surface area (Å²) in [6.45, 7) is 2.12. The van der Waals surface area contributed by atoms with E-state index in [4.69, 9.17) is 5.26 Å². The van der Waals surface area contributed by atoms with E-state index in [1.165, 1.54) is 12.3 Å². The maximum atomic E-state index is 11.6. The summed E-state index contributed by atoms with van der Waals surface area (Å²) in [4.78, 5) is 28.3. The van der Waals surface area contributed by atoms with E-state index in [1.54, 1.807) is 11.0 Å². The van der Waals surface area contributed by atoms with Gasteiger partial charge in [-0.2, -0.15) is 5.26 Å². The summed E-state index contributed by atoms with van der Waals surface area (Å²) in [5.41, 5.74) is 0.788. The van der Waals surface area contributed by atoms with Crippen molar-refractivity contribution >= 4 is 17.7 Å². The van der Waals surface area contributed by atoms with Gasteiger partial charge in [0.05, 0.1) is 11.9 Å². The third-order valence-electron chi connectivity index (χ3n) is 2.75. The number of hydrogen-bond acceptors (Lipinski definition) is 4. The minimum Gasteiger partial charge on any atom is -0.336 e. The lowest BCUT2D eigenvalue weighted by Crippen LogP contribution is -2.38. The predicted molar refractivity (Wildman–Crippen MR) is 70.9 cm³/mol. The molecule has 8 nitrogen and oxygen atoms in total. The van der Waals surface area contributed by atoms with E-state index in [0.717, 1.165) is 0 Å². The Morgan fingerprint density at radius 3 is 3.00 bits per heavy atom. The van der Waals surface area contributed by atoms with Crippen LogP contribution in [0.4, 0.5) is 15.3 Å². The molecule has 20 heavy (non-hydrogen) atoms. The molecule has 1 fully saturated rings. The van der Waals surface area contributed by atoms with Crippen LogP contribution in [0.15, 0.2) is 18.3 Å². The molecule has 2 rings (SSSR count). The number of anilines is 1. The second-order valence-corrected chi connectivity index (χ2v) is 4.14. The molecule has 1 aromatic heterocycles. The number of amides is 4. The summed E-state index contributed by atoms with van der Waals surface area (Å²) in [6.07, 6.45) is 1.41. The third kappa shape index (κ3) is 3.58. The second kappa shape index (κ2) is 6.38. The molecule has 0 atom stereocenters. The summed E-state index contributed by atoms with van der Waals surface area (Å²) in [5.74, 6) is 0. The lowest BCUT2D eigenvalue weighted by Gasteiger charge is -2.14. The zero-order chi connectivity index (χ0) is 14.4. The van der Waals surface area contributed by atoms with E-state index in [2.05, 4.69) is 20.9 Å². The highest BCUT2D eigenvalue weighted by atomic mass is 16.2. The van der Waals surface area contributed by atoms with Crippen LogP contribution in [0, 0.1) is 11.3 Å². The van der Waals surface area contributed by atoms with Crippen molar-refractivity contribution in [1.82, 2.24) is 20.5 Å². The number of nitrogens with one attached hydrogen (secondary N) is 3. The van der Waals surface area contributed by atoms with Crippen LogP contribution in [0.1, 0.15) is 5.69 Å². The van der Waals surface area contributed by atoms with Gasteiger partial charge < -0.3 is 20.9 Å². The fraction of sp³-hybridized carbons (Fsp3) is 0.333. The number of urea groups is 2. The normalized spacial score (nSPS) is 13.6. The fourth-order valence-electron chi connectivity index (χ4n) is 1.74. The van der Waals surface area contributed by atoms with E-state index in [-0.39, 0.29) is 17.8 Å². The number of hydrogen-bond donors (Lipinski definition) is 3. The predicted octanol–water partition coefficient (Wildman–Crippen LogP) is 0.1000. The number of rotatable bonds is 4. The molecular formula is C12H14N6O2. The van der Waals surface area contributed by atoms with Gasteiger partial charge in [-0.05, 0) is 12.1 Å². The Hall–Kier alpha value is -2.82. The topological polar surface area (TPSA) is 110 Å². The lowest BCUT2D eigenvalue weighted by molar-refractivity contribution is 0.216. The Kier molecular flexibility index (Phi) is 4.34. The van der Waals surface area contributed by atoms with E-state index in [0.29, 0.717) is 31.9 Å². The van der Waals surface area contributed by atoms with Crippen LogP contribution in [0.5, 0.6) is 0 Å². The van der Waals surface area contributed by atoms with Crippen molar-refractivity contribution in [2.75, 3.05) is 31.5 Å². The summed E-state index contributed by atoms with van der Waals surface area (Å²) in [6, 6.07) is 4.52. The number of carbonyl (C=O) groups excluding carboxylic acids is 2. The van der Waals surface area contributed by atoms with Gasteiger partial charge >= 0.3 is 12.1 Å². The molecule has 1 aliphatic rings. The average molecular weight is 274 g/mol. The number of carbonyl (C=O) groups is 2. The Labute approximate surface area is 115 Å². The Morgan fingerprint density at radius 1 is 1.55 bits per heavy atom. The minimum atomic E-state index is -0.379. The number of nitrogens with zero attached hydrogens (tertiary/aromatic N) is 3. The molecule has 0 saturated carbocycles. The first kappa shape index (κ1) is 13.6. The fourth-order valence-corrected chi connectivity index (χ4v) is 1.74. The van der Waals surface area contributed by atoms with Gasteiger partial charge in [-0.1, -0.05) is 0 Å². The molecule has 0 bridgehead atoms. The first-order chi connectivity index (χ1) is 9.69. The molecule has 2 heterocycles. The van der Waals surface area contributed by atoms with Crippen LogP contribution in [-0.4, -0.2) is 48.1 Å². The number of pyridine rings is 1. The van der Waals surface area contributed by atoms with Crippen molar-refractivity contribution in [1.29, 1.82) is 5.26 Å². The molecule has 1 saturated heterocycles. The van der Waals surface area contributed by atoms with Gasteiger partial charge in [-0.15, -0.1) is 0 Å². The van der Waals surface area contributed by atoms with Crippen molar-refractivity contribution in [2.24, 2.45) is 0 Å². The highest BCUT2D eigenvalue weighted by Gasteiger charge is 2.18. The molecule has 1 aromatic rings. The molecule has 4 amide bonds. The first-order valence-corrected chi connectivity index (χ1v) is 6.13. The van der Waals surface area contributed by atoms with Crippen molar-refractivity contribution in [3.63, 3.8) is 0 Å². The van der Waals surface area contributed by atoms with Crippen molar-refractivity contribution in [3.8, 4) is 6.07 Å². The largest absolute Gasteiger partial charge is 0.336 e. The third-order valence-corrected chi connectivity index (χ3v) is 2.75. The van der Waals surface area contributed by atoms with E-state index >= 15 is 0 Å². The van der Waals surface area contributed by atoms with Crippen LogP contribution in [0.3, 0.4) is 0 Å². The van der Waals surface area contributed by atoms with Gasteiger partial charge in [0.25, 0.3) is 0 Å². The Balaban J connectivity index is 1.72. The summed E-state index contributed by atoms with van der Waals surface area (Å²) >= 11 is 0. The molecule has 0 aromatic carbocycles. The minimum absolute atomic E-state index is 0.108. The van der Waals surface area contributed by atoms with Crippen LogP contribution in [0.25, 0.3) is 0 Å². The lowest BCUT2D eigenvalue weighted by atomic mass is 10.3. The molecule has 3 N–H and O–H groups in total. The molecular weight excluding hydrogens is 260 g/mol. The van der Waals surface area contributed by atoms with E-state index in [9.17, 15) is 9.59 Å². The molecule has 0 unspecified atom stereocenters. The number of aromatic nitrogens is 1. The van der Waals surface area contributed by atoms with Crippen molar-refractivity contribution in [2.45, 2.75) is 0 Å². The standard InChI is InChI=1S/C12H14N6O2/c13-7-9-1-2-10(8-16-9)17-11(19)14-3-5-18-6-4-15-12(18)20/h1-2,8H,3-6H2,(H,15,20)(H2,14,17,19). The zero-order valence-electron chi connectivity index (χ0n) is 10.7. The van der Waals surface area contributed by atoms with Crippen molar-refractivity contribution < 1.29 is 9.59 Å². The molecule has 0 aliphatic carbocycles. The van der Waals surface area contributed by atoms with Gasteiger partial charge in [0.2, 0.25) is 0 Å². The summed E-state index contributed by atoms with van der Waals surface area (Å²) < 4.78 is 0. The molecule has 0 radical (unpaired) electrons. The second-order valence-electron chi connectivity index (χ2n) is 4.14. The first-order valence-electron chi connectivity index (χ1n) is 6.13. The SMILES string of the molecule is N#Cc1ccc(NC(=O)NCCN2CCNC2=O)cn1. The van der Waals surface area contributed by atoms with Crippen LogP contribution in [0.2, 0.25) is 0 Å². The van der Waals surface area contributed by atoms with Gasteiger partial charge in [-0.25, -0.2) is 14.6 Å². The maximum absolute atomic E-state index is 11.6. The Morgan fingerprint density at radius 2 is 2.40 bits per heavy atom. The molecule has 104 valence electrons. The van der Waals surface area contributed by atoms with E-state index < -0.39 is 0 Å². The van der Waals surface area contributed by atoms with Crippen LogP contribution < -0.4 is 16.0 Å². The molecule has 1 aliphatic heterocycles. The molecule has 8 heteroatoms. The monoisotopic (exact) mass is 274 g/mol. The smallest absolute Gasteiger partial charge is 0.319 e. The average Bonchev–Trinajstić information content (AvgIpc) is 2.85. The van der Waals surface area contributed by atoms with E-state index in [1.807, 2.05) is 6.07 Å². The number of nitriles is 1. The highest BCUT2D eigenvalue weighted by Crippen LogP contribution is 2.04. The quantitative estimate of drug-likeness (QED) is 0.723.